The number of aryl methyl sites for hydroxylation is 1. The molecule has 0 aliphatic carbocycles. The molecule has 58 heavy (non-hydrogen) atoms. The molecule has 2 aliphatic rings. The maximum atomic E-state index is 14.6. The van der Waals surface area contributed by atoms with Gasteiger partial charge in [-0.25, -0.2) is 4.79 Å². The quantitative estimate of drug-likeness (QED) is 0.131. The Kier molecular flexibility index (Phi) is 12.7. The molecule has 3 heterocycles. The Morgan fingerprint density at radius 3 is 2.22 bits per heavy atom. The Labute approximate surface area is 336 Å². The van der Waals surface area contributed by atoms with E-state index in [1.54, 1.807) is 53.7 Å². The van der Waals surface area contributed by atoms with Gasteiger partial charge >= 0.3 is 17.7 Å². The number of esters is 2. The zero-order valence-electron chi connectivity index (χ0n) is 34.7. The van der Waals surface area contributed by atoms with Crippen LogP contribution in [0.2, 0.25) is 0 Å². The number of ether oxygens (including phenoxy) is 5. The number of benzene rings is 2. The number of phenolic OH excluding ortho intramolecular Hbond substituents is 2. The molecule has 9 atom stereocenters. The topological polar surface area (TPSA) is 223 Å². The van der Waals surface area contributed by atoms with E-state index in [4.69, 9.17) is 23.7 Å². The van der Waals surface area contributed by atoms with E-state index in [1.807, 2.05) is 0 Å². The molecule has 1 aromatic heterocycles. The number of carbonyl (C=O) groups is 4. The lowest BCUT2D eigenvalue weighted by molar-refractivity contribution is -0.160. The number of Topliss-reactive ketones (excluding diaryl/α,β-unsaturated/α-hetero) is 1. The van der Waals surface area contributed by atoms with Crippen LogP contribution in [0.5, 0.6) is 17.2 Å². The first-order valence-electron chi connectivity index (χ1n) is 19.3. The molecule has 15 heteroatoms. The Balaban J connectivity index is 1.78. The molecule has 4 bridgehead atoms. The van der Waals surface area contributed by atoms with Crippen LogP contribution in [0.4, 0.5) is 5.69 Å². The summed E-state index contributed by atoms with van der Waals surface area (Å²) < 4.78 is 29.1. The van der Waals surface area contributed by atoms with Gasteiger partial charge in [0.05, 0.1) is 58.9 Å². The molecule has 1 amide bonds. The number of aromatic hydroxyl groups is 2. The number of hydrogen-bond acceptors (Lipinski definition) is 13. The van der Waals surface area contributed by atoms with E-state index >= 15 is 0 Å². The molecule has 314 valence electrons. The number of fused-ring (bicyclic) bond motifs is 1. The van der Waals surface area contributed by atoms with Crippen molar-refractivity contribution in [2.45, 2.75) is 99.4 Å². The van der Waals surface area contributed by atoms with Gasteiger partial charge in [0.1, 0.15) is 17.6 Å². The van der Waals surface area contributed by atoms with E-state index in [0.29, 0.717) is 5.69 Å². The van der Waals surface area contributed by atoms with Gasteiger partial charge in [0.15, 0.2) is 5.75 Å². The second kappa shape index (κ2) is 16.8. The van der Waals surface area contributed by atoms with E-state index < -0.39 is 89.0 Å². The third-order valence-electron chi connectivity index (χ3n) is 11.4. The summed E-state index contributed by atoms with van der Waals surface area (Å²) in [5.74, 6) is -8.35. The third-order valence-corrected chi connectivity index (χ3v) is 11.4. The molecule has 2 aliphatic heterocycles. The summed E-state index contributed by atoms with van der Waals surface area (Å²) in [6.07, 6.45) is 3.56. The lowest BCUT2D eigenvalue weighted by Gasteiger charge is -2.38. The first-order chi connectivity index (χ1) is 27.2. The predicted molar refractivity (Wildman–Crippen MR) is 215 cm³/mol. The SMILES string of the molecule is CCOC(=O)c1c(C)[nH]c2c1c1c(O)c3c(O)c(C)c4c(c32)C(=O)C(C)(O/C=C\C(OC)C(C)C(OC(C)=O)C(C)C(O)C(C)C(O)C(C)/C=C\C=C(\C)C(=O)N1)O4. The molecular formula is C43H54N2O13. The van der Waals surface area contributed by atoms with Crippen LogP contribution >= 0.6 is 0 Å². The number of aliphatic hydroxyl groups excluding tert-OH is 2. The molecule has 0 fully saturated rings. The fourth-order valence-corrected chi connectivity index (χ4v) is 8.01. The van der Waals surface area contributed by atoms with Crippen LogP contribution in [0, 0.1) is 37.5 Å². The summed E-state index contributed by atoms with van der Waals surface area (Å²) >= 11 is 0. The zero-order chi connectivity index (χ0) is 43.1. The number of amides is 1. The van der Waals surface area contributed by atoms with Crippen molar-refractivity contribution in [2.24, 2.45) is 23.7 Å². The second-order valence-electron chi connectivity index (χ2n) is 15.5. The molecule has 0 saturated carbocycles. The van der Waals surface area contributed by atoms with Crippen molar-refractivity contribution < 1.29 is 63.3 Å². The Morgan fingerprint density at radius 1 is 0.931 bits per heavy atom. The zero-order valence-corrected chi connectivity index (χ0v) is 34.7. The second-order valence-corrected chi connectivity index (χ2v) is 15.5. The van der Waals surface area contributed by atoms with Gasteiger partial charge in [-0.2, -0.15) is 0 Å². The first-order valence-corrected chi connectivity index (χ1v) is 19.3. The van der Waals surface area contributed by atoms with Crippen molar-refractivity contribution in [3.05, 3.63) is 58.5 Å². The molecule has 0 radical (unpaired) electrons. The molecule has 0 saturated heterocycles. The van der Waals surface area contributed by atoms with Gasteiger partial charge in [-0.05, 0) is 33.8 Å². The van der Waals surface area contributed by atoms with Crippen LogP contribution in [0.25, 0.3) is 21.7 Å². The lowest BCUT2D eigenvalue weighted by Crippen LogP contribution is -2.46. The number of aromatic nitrogens is 1. The Bertz CT molecular complexity index is 2240. The standard InChI is InChI=1S/C43H54N2O13/c1-12-55-42(53)27-24(8)44-32-28-30-36(49)23(7)39-31(28)40(51)43(10,58-39)56-17-16-26(54-11)20(4)38(57-25(9)46)22(6)35(48)21(5)34(47)18(2)14-13-15-19(3)41(52)45-33(29(27)32)37(30)50/h13-18,20-22,26,34-35,38,44,47-50H,12H2,1-11H3,(H,45,52)/b14-13-,17-16-,19-15-. The molecule has 3 aromatic rings. The van der Waals surface area contributed by atoms with Crippen LogP contribution in [-0.4, -0.2) is 93.0 Å². The van der Waals surface area contributed by atoms with Crippen LogP contribution in [0.15, 0.2) is 36.1 Å². The Hall–Kier alpha value is -5.38. The van der Waals surface area contributed by atoms with Gasteiger partial charge < -0.3 is 54.4 Å². The molecule has 2 aromatic carbocycles. The van der Waals surface area contributed by atoms with Crippen molar-refractivity contribution in [3.63, 3.8) is 0 Å². The van der Waals surface area contributed by atoms with Gasteiger partial charge in [0.25, 0.3) is 11.7 Å². The highest BCUT2D eigenvalue weighted by atomic mass is 16.7. The largest absolute Gasteiger partial charge is 0.507 e. The van der Waals surface area contributed by atoms with Gasteiger partial charge in [-0.3, -0.25) is 14.4 Å². The summed E-state index contributed by atoms with van der Waals surface area (Å²) in [4.78, 5) is 57.3. The smallest absolute Gasteiger partial charge is 0.340 e. The van der Waals surface area contributed by atoms with Crippen molar-refractivity contribution in [1.29, 1.82) is 0 Å². The fraction of sp³-hybridized carbons (Fsp3) is 0.488. The van der Waals surface area contributed by atoms with E-state index in [-0.39, 0.29) is 62.0 Å². The minimum absolute atomic E-state index is 0.00939. The predicted octanol–water partition coefficient (Wildman–Crippen LogP) is 6.01. The third kappa shape index (κ3) is 7.65. The maximum Gasteiger partial charge on any atom is 0.340 e. The van der Waals surface area contributed by atoms with Crippen LogP contribution < -0.4 is 10.1 Å². The number of aromatic amines is 1. The minimum atomic E-state index is -2.02. The summed E-state index contributed by atoms with van der Waals surface area (Å²) in [6, 6.07) is 0. The average Bonchev–Trinajstić information content (AvgIpc) is 3.66. The number of nitrogens with one attached hydrogen (secondary N) is 2. The lowest BCUT2D eigenvalue weighted by atomic mass is 9.78. The Morgan fingerprint density at radius 2 is 1.60 bits per heavy atom. The van der Waals surface area contributed by atoms with Gasteiger partial charge in [-0.15, -0.1) is 0 Å². The highest BCUT2D eigenvalue weighted by Gasteiger charge is 2.50. The highest BCUT2D eigenvalue weighted by molar-refractivity contribution is 6.31. The maximum absolute atomic E-state index is 14.6. The highest BCUT2D eigenvalue weighted by Crippen LogP contribution is 2.54. The van der Waals surface area contributed by atoms with E-state index in [1.165, 1.54) is 53.2 Å². The number of H-pyrrole nitrogens is 1. The van der Waals surface area contributed by atoms with Crippen molar-refractivity contribution in [1.82, 2.24) is 4.98 Å². The molecule has 6 N–H and O–H groups in total. The summed E-state index contributed by atoms with van der Waals surface area (Å²) in [6.45, 7) is 15.8. The van der Waals surface area contributed by atoms with Crippen molar-refractivity contribution in [2.75, 3.05) is 19.0 Å². The number of hydrogen-bond donors (Lipinski definition) is 6. The summed E-state index contributed by atoms with van der Waals surface area (Å²) in [5, 5.41) is 49.1. The number of methoxy groups -OCH3 is 1. The average molecular weight is 807 g/mol. The van der Waals surface area contributed by atoms with E-state index in [2.05, 4.69) is 10.3 Å². The van der Waals surface area contributed by atoms with E-state index in [0.717, 1.165) is 0 Å². The summed E-state index contributed by atoms with van der Waals surface area (Å²) in [5.41, 5.74) is 0.365. The number of aliphatic hydroxyl groups is 2. The fourth-order valence-electron chi connectivity index (χ4n) is 8.01. The van der Waals surface area contributed by atoms with Crippen LogP contribution in [0.1, 0.15) is 87.4 Å². The van der Waals surface area contributed by atoms with Gasteiger partial charge in [0, 0.05) is 72.2 Å². The molecule has 9 unspecified atom stereocenters. The van der Waals surface area contributed by atoms with Crippen LogP contribution in [0.3, 0.4) is 0 Å². The first kappa shape index (κ1) is 43.7. The molecular weight excluding hydrogens is 752 g/mol. The normalized spacial score (nSPS) is 30.3. The van der Waals surface area contributed by atoms with Gasteiger partial charge in [-0.1, -0.05) is 45.9 Å². The minimum Gasteiger partial charge on any atom is -0.507 e. The van der Waals surface area contributed by atoms with Crippen molar-refractivity contribution in [3.8, 4) is 17.2 Å². The molecule has 0 spiro atoms. The number of ketones is 1. The van der Waals surface area contributed by atoms with Crippen LogP contribution in [-0.2, 0) is 28.5 Å². The van der Waals surface area contributed by atoms with E-state index in [9.17, 15) is 39.6 Å². The number of allylic oxidation sites excluding steroid dienone is 2. The molecule has 15 nitrogen and oxygen atoms in total. The monoisotopic (exact) mass is 806 g/mol. The number of phenols is 2. The molecule has 5 rings (SSSR count). The van der Waals surface area contributed by atoms with Crippen molar-refractivity contribution >= 4 is 51.0 Å². The summed E-state index contributed by atoms with van der Waals surface area (Å²) in [7, 11) is 1.44. The number of carbonyl (C=O) groups excluding carboxylic acids is 4. The number of rotatable bonds is 4. The van der Waals surface area contributed by atoms with Gasteiger partial charge in [0.2, 0.25) is 0 Å². The number of anilines is 1.